The molecule has 0 aromatic heterocycles. The van der Waals surface area contributed by atoms with Gasteiger partial charge in [0, 0.05) is 6.92 Å². The Bertz CT molecular complexity index is 445. The van der Waals surface area contributed by atoms with Crippen LogP contribution in [0.4, 0.5) is 0 Å². The highest BCUT2D eigenvalue weighted by molar-refractivity contribution is 6.01. The fourth-order valence-corrected chi connectivity index (χ4v) is 3.34. The topological polar surface area (TPSA) is 83.8 Å². The molecular formula is C20H34O5. The number of unbranched alkanes of at least 4 members (excludes halogenated alkanes) is 9. The molecule has 2 N–H and O–H groups in total. The summed E-state index contributed by atoms with van der Waals surface area (Å²) in [5, 5.41) is 20.5. The van der Waals surface area contributed by atoms with Crippen molar-refractivity contribution in [1.29, 1.82) is 0 Å². The highest BCUT2D eigenvalue weighted by atomic mass is 16.6. The number of hydrogen-bond donors (Lipinski definition) is 2. The molecule has 0 saturated carbocycles. The molecule has 5 heteroatoms. The van der Waals surface area contributed by atoms with E-state index in [0.717, 1.165) is 25.3 Å². The van der Waals surface area contributed by atoms with E-state index in [4.69, 9.17) is 4.74 Å². The fourth-order valence-electron chi connectivity index (χ4n) is 3.34. The van der Waals surface area contributed by atoms with Gasteiger partial charge in [0.25, 0.3) is 0 Å². The van der Waals surface area contributed by atoms with Crippen molar-refractivity contribution >= 4 is 11.8 Å². The molecule has 0 radical (unpaired) electrons. The number of aliphatic hydroxyl groups is 2. The first kappa shape index (κ1) is 21.8. The summed E-state index contributed by atoms with van der Waals surface area (Å²) in [7, 11) is 0. The molecule has 5 nitrogen and oxygen atoms in total. The first-order valence-corrected chi connectivity index (χ1v) is 9.73. The Kier molecular flexibility index (Phi) is 9.98. The Morgan fingerprint density at radius 1 is 1.12 bits per heavy atom. The number of hydrogen-bond acceptors (Lipinski definition) is 5. The van der Waals surface area contributed by atoms with E-state index in [0.29, 0.717) is 6.42 Å². The molecule has 0 aromatic carbocycles. The second-order valence-corrected chi connectivity index (χ2v) is 7.06. The van der Waals surface area contributed by atoms with Gasteiger partial charge in [0.1, 0.15) is 12.2 Å². The van der Waals surface area contributed by atoms with Gasteiger partial charge in [-0.05, 0) is 25.0 Å². The minimum Gasteiger partial charge on any atom is -0.459 e. The highest BCUT2D eigenvalue weighted by Crippen LogP contribution is 2.30. The van der Waals surface area contributed by atoms with E-state index >= 15 is 0 Å². The molecule has 0 unspecified atom stereocenters. The molecule has 0 saturated heterocycles. The largest absolute Gasteiger partial charge is 0.459 e. The number of carbonyl (C=O) groups is 2. The molecule has 0 fully saturated rings. The maximum Gasteiger partial charge on any atom is 0.303 e. The highest BCUT2D eigenvalue weighted by Gasteiger charge is 2.52. The predicted molar refractivity (Wildman–Crippen MR) is 97.1 cm³/mol. The van der Waals surface area contributed by atoms with Crippen molar-refractivity contribution in [3.8, 4) is 0 Å². The Labute approximate surface area is 151 Å². The van der Waals surface area contributed by atoms with Crippen molar-refractivity contribution < 1.29 is 24.5 Å². The van der Waals surface area contributed by atoms with Gasteiger partial charge in [-0.15, -0.1) is 0 Å². The molecule has 0 spiro atoms. The lowest BCUT2D eigenvalue weighted by atomic mass is 9.87. The van der Waals surface area contributed by atoms with Crippen LogP contribution >= 0.6 is 0 Å². The van der Waals surface area contributed by atoms with Crippen molar-refractivity contribution in [3.63, 3.8) is 0 Å². The minimum absolute atomic E-state index is 0.372. The molecule has 0 amide bonds. The number of rotatable bonds is 13. The predicted octanol–water partition coefficient (Wildman–Crippen LogP) is 3.46. The molecule has 144 valence electrons. The standard InChI is InChI=1S/C20H34O5/c1-3-4-5-6-7-8-9-10-11-12-13-19(25-16(2)21)20(24)17(22)14-15-18(20)23/h14-15,17,19,22,24H,3-13H2,1-2H3/t17-,19+,20+/m0/s1. The van der Waals surface area contributed by atoms with E-state index in [2.05, 4.69) is 6.92 Å². The maximum absolute atomic E-state index is 11.9. The molecule has 0 bridgehead atoms. The molecule has 0 aromatic rings. The van der Waals surface area contributed by atoms with Crippen LogP contribution in [0.15, 0.2) is 12.2 Å². The van der Waals surface area contributed by atoms with Gasteiger partial charge in [-0.2, -0.15) is 0 Å². The van der Waals surface area contributed by atoms with Gasteiger partial charge >= 0.3 is 5.97 Å². The summed E-state index contributed by atoms with van der Waals surface area (Å²) < 4.78 is 5.15. The average molecular weight is 354 g/mol. The van der Waals surface area contributed by atoms with E-state index in [1.54, 1.807) is 0 Å². The number of aliphatic hydroxyl groups excluding tert-OH is 1. The van der Waals surface area contributed by atoms with E-state index in [1.807, 2.05) is 0 Å². The normalized spacial score (nSPS) is 23.8. The third-order valence-corrected chi connectivity index (χ3v) is 4.89. The van der Waals surface area contributed by atoms with Gasteiger partial charge in [-0.1, -0.05) is 64.7 Å². The van der Waals surface area contributed by atoms with Crippen LogP contribution in [0.2, 0.25) is 0 Å². The molecule has 0 heterocycles. The zero-order chi connectivity index (χ0) is 18.7. The number of ether oxygens (including phenoxy) is 1. The second-order valence-electron chi connectivity index (χ2n) is 7.06. The van der Waals surface area contributed by atoms with Crippen molar-refractivity contribution in [3.05, 3.63) is 12.2 Å². The lowest BCUT2D eigenvalue weighted by Crippen LogP contribution is -2.55. The van der Waals surface area contributed by atoms with Crippen LogP contribution in [0.5, 0.6) is 0 Å². The van der Waals surface area contributed by atoms with Crippen LogP contribution in [-0.4, -0.2) is 39.8 Å². The van der Waals surface area contributed by atoms with Crippen LogP contribution in [0.25, 0.3) is 0 Å². The van der Waals surface area contributed by atoms with E-state index < -0.39 is 29.6 Å². The summed E-state index contributed by atoms with van der Waals surface area (Å²) in [6, 6.07) is 0. The molecule has 1 rings (SSSR count). The van der Waals surface area contributed by atoms with Crippen LogP contribution in [0.1, 0.15) is 84.5 Å². The lowest BCUT2D eigenvalue weighted by molar-refractivity contribution is -0.178. The van der Waals surface area contributed by atoms with Crippen molar-refractivity contribution in [2.75, 3.05) is 0 Å². The van der Waals surface area contributed by atoms with Crippen LogP contribution < -0.4 is 0 Å². The van der Waals surface area contributed by atoms with Crippen LogP contribution in [-0.2, 0) is 14.3 Å². The van der Waals surface area contributed by atoms with Crippen LogP contribution in [0.3, 0.4) is 0 Å². The van der Waals surface area contributed by atoms with Crippen molar-refractivity contribution in [2.45, 2.75) is 102 Å². The zero-order valence-corrected chi connectivity index (χ0v) is 15.7. The van der Waals surface area contributed by atoms with E-state index in [9.17, 15) is 19.8 Å². The quantitative estimate of drug-likeness (QED) is 0.391. The number of esters is 1. The summed E-state index contributed by atoms with van der Waals surface area (Å²) in [4.78, 5) is 23.2. The number of ketones is 1. The summed E-state index contributed by atoms with van der Waals surface area (Å²) >= 11 is 0. The van der Waals surface area contributed by atoms with Gasteiger partial charge in [0.05, 0.1) is 0 Å². The lowest BCUT2D eigenvalue weighted by Gasteiger charge is -2.33. The fraction of sp³-hybridized carbons (Fsp3) is 0.800. The Hall–Kier alpha value is -1.20. The second kappa shape index (κ2) is 11.4. The monoisotopic (exact) mass is 354 g/mol. The first-order valence-electron chi connectivity index (χ1n) is 9.73. The third kappa shape index (κ3) is 6.90. The summed E-state index contributed by atoms with van der Waals surface area (Å²) in [6.07, 6.45) is 12.2. The summed E-state index contributed by atoms with van der Waals surface area (Å²) in [5.41, 5.74) is -2.04. The molecular weight excluding hydrogens is 320 g/mol. The SMILES string of the molecule is CCCCCCCCCCCC[C@@H](OC(C)=O)[C@]1(O)C(=O)C=C[C@@H]1O. The molecule has 1 aliphatic rings. The van der Waals surface area contributed by atoms with Crippen molar-refractivity contribution in [1.82, 2.24) is 0 Å². The van der Waals surface area contributed by atoms with Gasteiger partial charge in [-0.3, -0.25) is 9.59 Å². The zero-order valence-electron chi connectivity index (χ0n) is 15.7. The molecule has 3 atom stereocenters. The molecule has 25 heavy (non-hydrogen) atoms. The minimum atomic E-state index is -2.04. The maximum atomic E-state index is 11.9. The molecule has 1 aliphatic carbocycles. The summed E-state index contributed by atoms with van der Waals surface area (Å²) in [6.45, 7) is 3.46. The summed E-state index contributed by atoms with van der Waals surface area (Å²) in [5.74, 6) is -1.16. The Balaban J connectivity index is 2.29. The van der Waals surface area contributed by atoms with Gasteiger partial charge in [0.15, 0.2) is 11.4 Å². The first-order chi connectivity index (χ1) is 11.9. The molecule has 0 aliphatic heterocycles. The van der Waals surface area contributed by atoms with E-state index in [-0.39, 0.29) is 0 Å². The number of carbonyl (C=O) groups excluding carboxylic acids is 2. The van der Waals surface area contributed by atoms with Crippen molar-refractivity contribution in [2.24, 2.45) is 0 Å². The van der Waals surface area contributed by atoms with Gasteiger partial charge in [-0.25, -0.2) is 0 Å². The average Bonchev–Trinajstić information content (AvgIpc) is 2.83. The van der Waals surface area contributed by atoms with E-state index in [1.165, 1.54) is 57.9 Å². The Morgan fingerprint density at radius 3 is 2.08 bits per heavy atom. The Morgan fingerprint density at radius 2 is 1.64 bits per heavy atom. The smallest absolute Gasteiger partial charge is 0.303 e. The third-order valence-electron chi connectivity index (χ3n) is 4.89. The van der Waals surface area contributed by atoms with Crippen LogP contribution in [0, 0.1) is 0 Å². The van der Waals surface area contributed by atoms with Gasteiger partial charge < -0.3 is 14.9 Å². The van der Waals surface area contributed by atoms with Gasteiger partial charge in [0.2, 0.25) is 0 Å².